The highest BCUT2D eigenvalue weighted by Gasteiger charge is 2.08. The molecule has 0 heterocycles. The highest BCUT2D eigenvalue weighted by atomic mass is 16.5. The van der Waals surface area contributed by atoms with E-state index in [1.807, 2.05) is 48.5 Å². The first-order valence-electron chi connectivity index (χ1n) is 13.0. The van der Waals surface area contributed by atoms with E-state index in [1.165, 1.54) is 11.6 Å². The Balaban J connectivity index is 1.30. The summed E-state index contributed by atoms with van der Waals surface area (Å²) < 4.78 is 16.4. The summed E-state index contributed by atoms with van der Waals surface area (Å²) in [6, 6.07) is 19.8. The number of nitrogens with two attached hydrogens (primary N) is 2. The summed E-state index contributed by atoms with van der Waals surface area (Å²) in [6.07, 6.45) is 8.87. The third-order valence-electron chi connectivity index (χ3n) is 5.76. The average molecular weight is 517 g/mol. The molecule has 0 saturated carbocycles. The number of esters is 2. The minimum absolute atomic E-state index is 0.321. The number of carbonyl (C=O) groups is 2. The number of hydrogen-bond acceptors (Lipinski definition) is 7. The van der Waals surface area contributed by atoms with E-state index < -0.39 is 11.9 Å². The van der Waals surface area contributed by atoms with Crippen LogP contribution in [0.4, 0.5) is 11.4 Å². The molecule has 3 rings (SSSR count). The van der Waals surface area contributed by atoms with Crippen molar-refractivity contribution in [3.8, 4) is 11.5 Å². The lowest BCUT2D eigenvalue weighted by Gasteiger charge is -2.08. The number of benzene rings is 3. The van der Waals surface area contributed by atoms with Crippen LogP contribution < -0.4 is 20.9 Å². The summed E-state index contributed by atoms with van der Waals surface area (Å²) in [7, 11) is 0. The van der Waals surface area contributed by atoms with Crippen molar-refractivity contribution < 1.29 is 23.8 Å². The maximum Gasteiger partial charge on any atom is 0.338 e. The Kier molecular flexibility index (Phi) is 11.2. The van der Waals surface area contributed by atoms with E-state index >= 15 is 0 Å². The van der Waals surface area contributed by atoms with Gasteiger partial charge < -0.3 is 25.7 Å². The molecule has 3 aromatic carbocycles. The van der Waals surface area contributed by atoms with E-state index in [2.05, 4.69) is 6.92 Å². The standard InChI is InChI=1S/C31H36N2O5/c1-2-3-7-23-10-15-29(16-11-23)38-30(34)17-12-24-8-13-28(14-9-24)36-18-5-4-6-19-37-31(35)25-20-26(32)22-27(33)21-25/h8-17,20-22H,2-7,18-19,32-33H2,1H3/b17-12+. The van der Waals surface area contributed by atoms with Crippen LogP contribution in [0.5, 0.6) is 11.5 Å². The Bertz CT molecular complexity index is 1180. The van der Waals surface area contributed by atoms with Gasteiger partial charge in [-0.2, -0.15) is 0 Å². The van der Waals surface area contributed by atoms with E-state index in [-0.39, 0.29) is 0 Å². The molecule has 0 aliphatic heterocycles. The van der Waals surface area contributed by atoms with E-state index in [0.717, 1.165) is 49.8 Å². The maximum absolute atomic E-state index is 12.1. The first kappa shape index (κ1) is 28.3. The third-order valence-corrected chi connectivity index (χ3v) is 5.76. The van der Waals surface area contributed by atoms with E-state index in [9.17, 15) is 9.59 Å². The number of anilines is 2. The van der Waals surface area contributed by atoms with Crippen LogP contribution in [-0.4, -0.2) is 25.2 Å². The molecule has 7 nitrogen and oxygen atoms in total. The van der Waals surface area contributed by atoms with Gasteiger partial charge in [0.15, 0.2) is 0 Å². The summed E-state index contributed by atoms with van der Waals surface area (Å²) in [5.74, 6) is 0.431. The van der Waals surface area contributed by atoms with Crippen LogP contribution in [0.3, 0.4) is 0 Å². The lowest BCUT2D eigenvalue weighted by atomic mass is 10.1. The van der Waals surface area contributed by atoms with Crippen molar-refractivity contribution in [2.75, 3.05) is 24.7 Å². The minimum atomic E-state index is -0.431. The summed E-state index contributed by atoms with van der Waals surface area (Å²) in [4.78, 5) is 24.2. The molecular weight excluding hydrogens is 480 g/mol. The molecule has 0 atom stereocenters. The predicted octanol–water partition coefficient (Wildman–Crippen LogP) is 6.22. The Morgan fingerprint density at radius 3 is 2.13 bits per heavy atom. The molecule has 7 heteroatoms. The highest BCUT2D eigenvalue weighted by Crippen LogP contribution is 2.17. The number of ether oxygens (including phenoxy) is 3. The van der Waals surface area contributed by atoms with Crippen molar-refractivity contribution in [3.63, 3.8) is 0 Å². The van der Waals surface area contributed by atoms with Gasteiger partial charge in [-0.05, 0) is 91.8 Å². The minimum Gasteiger partial charge on any atom is -0.494 e. The SMILES string of the molecule is CCCCc1ccc(OC(=O)/C=C/c2ccc(OCCCCCOC(=O)c3cc(N)cc(N)c3)cc2)cc1. The van der Waals surface area contributed by atoms with Gasteiger partial charge in [-0.15, -0.1) is 0 Å². The Morgan fingerprint density at radius 2 is 1.45 bits per heavy atom. The molecule has 0 radical (unpaired) electrons. The molecule has 38 heavy (non-hydrogen) atoms. The molecule has 3 aromatic rings. The molecule has 0 aromatic heterocycles. The molecule has 200 valence electrons. The van der Waals surface area contributed by atoms with E-state index in [4.69, 9.17) is 25.7 Å². The van der Waals surface area contributed by atoms with Gasteiger partial charge in [-0.3, -0.25) is 0 Å². The van der Waals surface area contributed by atoms with Gasteiger partial charge in [0.05, 0.1) is 18.8 Å². The van der Waals surface area contributed by atoms with Crippen LogP contribution in [-0.2, 0) is 16.0 Å². The monoisotopic (exact) mass is 516 g/mol. The van der Waals surface area contributed by atoms with Crippen LogP contribution in [0.2, 0.25) is 0 Å². The predicted molar refractivity (Wildman–Crippen MR) is 151 cm³/mol. The first-order chi connectivity index (χ1) is 18.4. The normalized spacial score (nSPS) is 10.9. The van der Waals surface area contributed by atoms with Crippen molar-refractivity contribution in [1.82, 2.24) is 0 Å². The number of aryl methyl sites for hydroxylation is 1. The molecular formula is C31H36N2O5. The van der Waals surface area contributed by atoms with Gasteiger partial charge in [-0.1, -0.05) is 37.6 Å². The van der Waals surface area contributed by atoms with Gasteiger partial charge in [0, 0.05) is 17.5 Å². The van der Waals surface area contributed by atoms with Crippen LogP contribution >= 0.6 is 0 Å². The van der Waals surface area contributed by atoms with E-state index in [1.54, 1.807) is 24.3 Å². The lowest BCUT2D eigenvalue weighted by molar-refractivity contribution is -0.128. The molecule has 0 aliphatic carbocycles. The summed E-state index contributed by atoms with van der Waals surface area (Å²) in [5.41, 5.74) is 14.7. The number of rotatable bonds is 14. The maximum atomic E-state index is 12.1. The van der Waals surface area contributed by atoms with Crippen molar-refractivity contribution in [1.29, 1.82) is 0 Å². The van der Waals surface area contributed by atoms with Crippen molar-refractivity contribution in [2.45, 2.75) is 45.4 Å². The molecule has 0 saturated heterocycles. The quantitative estimate of drug-likeness (QED) is 0.0859. The Hall–Kier alpha value is -4.26. The smallest absolute Gasteiger partial charge is 0.338 e. The fourth-order valence-corrected chi connectivity index (χ4v) is 3.71. The lowest BCUT2D eigenvalue weighted by Crippen LogP contribution is -2.08. The number of carbonyl (C=O) groups excluding carboxylic acids is 2. The molecule has 0 spiro atoms. The fourth-order valence-electron chi connectivity index (χ4n) is 3.71. The van der Waals surface area contributed by atoms with Gasteiger partial charge in [0.25, 0.3) is 0 Å². The zero-order valence-corrected chi connectivity index (χ0v) is 21.9. The second-order valence-corrected chi connectivity index (χ2v) is 9.00. The summed E-state index contributed by atoms with van der Waals surface area (Å²) >= 11 is 0. The fraction of sp³-hybridized carbons (Fsp3) is 0.290. The Labute approximate surface area is 224 Å². The Morgan fingerprint density at radius 1 is 0.789 bits per heavy atom. The van der Waals surface area contributed by atoms with Crippen molar-refractivity contribution in [2.24, 2.45) is 0 Å². The topological polar surface area (TPSA) is 114 Å². The third kappa shape index (κ3) is 10.0. The summed E-state index contributed by atoms with van der Waals surface area (Å²) in [6.45, 7) is 3.04. The van der Waals surface area contributed by atoms with Crippen molar-refractivity contribution in [3.05, 3.63) is 89.5 Å². The van der Waals surface area contributed by atoms with Gasteiger partial charge in [0.1, 0.15) is 11.5 Å². The van der Waals surface area contributed by atoms with Gasteiger partial charge >= 0.3 is 11.9 Å². The second kappa shape index (κ2) is 15.1. The van der Waals surface area contributed by atoms with Crippen LogP contribution in [0.1, 0.15) is 60.5 Å². The van der Waals surface area contributed by atoms with Gasteiger partial charge in [0.2, 0.25) is 0 Å². The molecule has 0 unspecified atom stereocenters. The largest absolute Gasteiger partial charge is 0.494 e. The zero-order chi connectivity index (χ0) is 27.2. The number of unbranched alkanes of at least 4 members (excludes halogenated alkanes) is 3. The number of nitrogen functional groups attached to an aromatic ring is 2. The second-order valence-electron chi connectivity index (χ2n) is 9.00. The summed E-state index contributed by atoms with van der Waals surface area (Å²) in [5, 5.41) is 0. The molecule has 0 fully saturated rings. The molecule has 0 amide bonds. The highest BCUT2D eigenvalue weighted by molar-refractivity contribution is 5.91. The molecule has 0 bridgehead atoms. The molecule has 4 N–H and O–H groups in total. The zero-order valence-electron chi connectivity index (χ0n) is 21.9. The number of hydrogen-bond donors (Lipinski definition) is 2. The molecule has 0 aliphatic rings. The van der Waals surface area contributed by atoms with Crippen LogP contribution in [0, 0.1) is 0 Å². The van der Waals surface area contributed by atoms with Crippen molar-refractivity contribution >= 4 is 29.4 Å². The van der Waals surface area contributed by atoms with Crippen LogP contribution in [0.15, 0.2) is 72.8 Å². The van der Waals surface area contributed by atoms with Crippen LogP contribution in [0.25, 0.3) is 6.08 Å². The van der Waals surface area contributed by atoms with Gasteiger partial charge in [-0.25, -0.2) is 9.59 Å². The average Bonchev–Trinajstić information content (AvgIpc) is 2.91. The van der Waals surface area contributed by atoms with E-state index in [0.29, 0.717) is 35.9 Å². The first-order valence-corrected chi connectivity index (χ1v) is 13.0.